The summed E-state index contributed by atoms with van der Waals surface area (Å²) in [7, 11) is 0. The smallest absolute Gasteiger partial charge is 0.316 e. The predicted octanol–water partition coefficient (Wildman–Crippen LogP) is 4.93. The number of hydrogen-bond acceptors (Lipinski definition) is 4. The molecule has 0 aliphatic carbocycles. The van der Waals surface area contributed by atoms with Gasteiger partial charge < -0.3 is 5.32 Å². The van der Waals surface area contributed by atoms with E-state index in [0.717, 1.165) is 11.3 Å². The molecule has 164 valence electrons. The molecule has 33 heavy (non-hydrogen) atoms. The lowest BCUT2D eigenvalue weighted by Gasteiger charge is -2.06. The fourth-order valence-corrected chi connectivity index (χ4v) is 3.34. The zero-order valence-electron chi connectivity index (χ0n) is 17.1. The number of halogens is 2. The summed E-state index contributed by atoms with van der Waals surface area (Å²) >= 11 is 11.9. The number of para-hydroxylation sites is 1. The largest absolute Gasteiger partial charge is 0.329 e. The normalized spacial score (nSPS) is 10.8. The quantitative estimate of drug-likeness (QED) is 0.242. The maximum absolute atomic E-state index is 12.2. The minimum atomic E-state index is -0.959. The van der Waals surface area contributed by atoms with Gasteiger partial charge in [-0.15, -0.1) is 0 Å². The van der Waals surface area contributed by atoms with Crippen LogP contribution in [0.25, 0.3) is 16.9 Å². The van der Waals surface area contributed by atoms with Crippen molar-refractivity contribution < 1.29 is 9.59 Å². The summed E-state index contributed by atoms with van der Waals surface area (Å²) in [4.78, 5) is 24.4. The minimum Gasteiger partial charge on any atom is -0.316 e. The molecule has 7 nitrogen and oxygen atoms in total. The first-order chi connectivity index (χ1) is 16.0. The second kappa shape index (κ2) is 10.1. The topological polar surface area (TPSA) is 88.4 Å². The molecule has 0 atom stereocenters. The van der Waals surface area contributed by atoms with Gasteiger partial charge in [0.25, 0.3) is 0 Å². The Morgan fingerprint density at radius 1 is 0.909 bits per heavy atom. The van der Waals surface area contributed by atoms with Crippen LogP contribution in [-0.4, -0.2) is 27.8 Å². The molecule has 0 radical (unpaired) electrons. The van der Waals surface area contributed by atoms with Crippen LogP contribution in [0.2, 0.25) is 10.0 Å². The van der Waals surface area contributed by atoms with Crippen LogP contribution in [0.15, 0.2) is 90.2 Å². The van der Waals surface area contributed by atoms with E-state index >= 15 is 0 Å². The van der Waals surface area contributed by atoms with E-state index in [0.29, 0.717) is 16.3 Å². The van der Waals surface area contributed by atoms with Gasteiger partial charge in [-0.2, -0.15) is 10.2 Å². The number of carbonyl (C=O) groups excluding carboxylic acids is 2. The molecule has 2 amide bonds. The van der Waals surface area contributed by atoms with E-state index in [1.54, 1.807) is 16.9 Å². The van der Waals surface area contributed by atoms with Crippen molar-refractivity contribution in [1.29, 1.82) is 0 Å². The summed E-state index contributed by atoms with van der Waals surface area (Å²) in [5.41, 5.74) is 5.53. The summed E-state index contributed by atoms with van der Waals surface area (Å²) in [6.45, 7) is 0. The monoisotopic (exact) mass is 477 g/mol. The fourth-order valence-electron chi connectivity index (χ4n) is 3.00. The van der Waals surface area contributed by atoms with E-state index in [2.05, 4.69) is 20.9 Å². The molecule has 3 aromatic carbocycles. The molecule has 0 fully saturated rings. The number of hydrazone groups is 1. The minimum absolute atomic E-state index is 0.226. The van der Waals surface area contributed by atoms with E-state index in [1.165, 1.54) is 18.3 Å². The molecule has 0 unspecified atom stereocenters. The van der Waals surface area contributed by atoms with Crippen LogP contribution in [0.4, 0.5) is 5.69 Å². The van der Waals surface area contributed by atoms with Crippen molar-refractivity contribution in [3.8, 4) is 16.9 Å². The van der Waals surface area contributed by atoms with Gasteiger partial charge in [0.1, 0.15) is 5.69 Å². The second-order valence-corrected chi connectivity index (χ2v) is 7.70. The van der Waals surface area contributed by atoms with E-state index < -0.39 is 11.8 Å². The number of nitrogens with zero attached hydrogens (tertiary/aromatic N) is 3. The summed E-state index contributed by atoms with van der Waals surface area (Å²) in [6, 6.07) is 23.7. The first-order valence-corrected chi connectivity index (χ1v) is 10.6. The van der Waals surface area contributed by atoms with Crippen LogP contribution in [0.1, 0.15) is 5.56 Å². The third kappa shape index (κ3) is 5.46. The Morgan fingerprint density at radius 2 is 1.61 bits per heavy atom. The Kier molecular flexibility index (Phi) is 6.83. The number of benzene rings is 3. The number of hydrogen-bond donors (Lipinski definition) is 2. The number of nitrogens with one attached hydrogen (secondary N) is 2. The van der Waals surface area contributed by atoms with Gasteiger partial charge >= 0.3 is 11.8 Å². The Balaban J connectivity index is 1.52. The molecule has 1 heterocycles. The Bertz CT molecular complexity index is 1320. The highest BCUT2D eigenvalue weighted by Crippen LogP contribution is 2.25. The Hall–Kier alpha value is -3.94. The molecule has 9 heteroatoms. The lowest BCUT2D eigenvalue weighted by molar-refractivity contribution is -0.136. The van der Waals surface area contributed by atoms with Gasteiger partial charge in [-0.1, -0.05) is 71.7 Å². The number of rotatable bonds is 5. The molecule has 0 saturated carbocycles. The predicted molar refractivity (Wildman–Crippen MR) is 130 cm³/mol. The summed E-state index contributed by atoms with van der Waals surface area (Å²) in [5.74, 6) is -1.89. The molecular formula is C24H17Cl2N5O2. The second-order valence-electron chi connectivity index (χ2n) is 6.86. The number of carbonyl (C=O) groups is 2. The van der Waals surface area contributed by atoms with E-state index in [1.807, 2.05) is 60.7 Å². The van der Waals surface area contributed by atoms with Crippen LogP contribution in [-0.2, 0) is 9.59 Å². The molecule has 0 aliphatic rings. The maximum atomic E-state index is 12.2. The van der Waals surface area contributed by atoms with Gasteiger partial charge in [0.2, 0.25) is 0 Å². The molecule has 0 spiro atoms. The molecule has 0 saturated heterocycles. The molecule has 2 N–H and O–H groups in total. The Labute approximate surface area is 199 Å². The van der Waals surface area contributed by atoms with E-state index in [9.17, 15) is 9.59 Å². The number of amides is 2. The molecule has 0 bridgehead atoms. The zero-order chi connectivity index (χ0) is 23.2. The molecule has 4 rings (SSSR count). The lowest BCUT2D eigenvalue weighted by Crippen LogP contribution is -2.32. The van der Waals surface area contributed by atoms with Crippen LogP contribution in [0.5, 0.6) is 0 Å². The average Bonchev–Trinajstić information content (AvgIpc) is 3.26. The van der Waals surface area contributed by atoms with Crippen molar-refractivity contribution in [3.63, 3.8) is 0 Å². The van der Waals surface area contributed by atoms with Crippen molar-refractivity contribution in [2.24, 2.45) is 5.10 Å². The molecule has 4 aromatic rings. The highest BCUT2D eigenvalue weighted by atomic mass is 35.5. The summed E-state index contributed by atoms with van der Waals surface area (Å²) < 4.78 is 1.72. The van der Waals surface area contributed by atoms with Crippen LogP contribution < -0.4 is 10.7 Å². The Morgan fingerprint density at radius 3 is 2.33 bits per heavy atom. The first kappa shape index (κ1) is 22.3. The van der Waals surface area contributed by atoms with E-state index in [-0.39, 0.29) is 10.7 Å². The fraction of sp³-hybridized carbons (Fsp3) is 0. The number of aromatic nitrogens is 2. The lowest BCUT2D eigenvalue weighted by atomic mass is 10.1. The van der Waals surface area contributed by atoms with Crippen LogP contribution in [0.3, 0.4) is 0 Å². The highest BCUT2D eigenvalue weighted by Gasteiger charge is 2.15. The van der Waals surface area contributed by atoms with Gasteiger partial charge in [-0.25, -0.2) is 10.1 Å². The standard InChI is InChI=1S/C24H17Cl2N5O2/c25-18-11-12-20(26)21(13-18)28-23(32)24(33)29-27-14-17-15-31(19-9-5-2-6-10-19)30-22(17)16-7-3-1-4-8-16/h1-15H,(H,28,32)(H,29,33)/b27-14+. The third-order valence-corrected chi connectivity index (χ3v) is 5.13. The summed E-state index contributed by atoms with van der Waals surface area (Å²) in [5, 5.41) is 11.6. The molecule has 1 aromatic heterocycles. The van der Waals surface area contributed by atoms with Crippen molar-refractivity contribution >= 4 is 46.9 Å². The molecule has 0 aliphatic heterocycles. The van der Waals surface area contributed by atoms with Crippen molar-refractivity contribution in [3.05, 3.63) is 101 Å². The van der Waals surface area contributed by atoms with Crippen molar-refractivity contribution in [2.75, 3.05) is 5.32 Å². The molecular weight excluding hydrogens is 461 g/mol. The van der Waals surface area contributed by atoms with Gasteiger partial charge in [0.15, 0.2) is 0 Å². The van der Waals surface area contributed by atoms with Gasteiger partial charge in [0, 0.05) is 22.3 Å². The van der Waals surface area contributed by atoms with Crippen LogP contribution >= 0.6 is 23.2 Å². The van der Waals surface area contributed by atoms with Gasteiger partial charge in [0.05, 0.1) is 22.6 Å². The SMILES string of the molecule is O=C(N/N=C/c1cn(-c2ccccc2)nc1-c1ccccc1)C(=O)Nc1cc(Cl)ccc1Cl. The number of anilines is 1. The van der Waals surface area contributed by atoms with E-state index in [4.69, 9.17) is 23.2 Å². The third-order valence-electron chi connectivity index (χ3n) is 4.56. The van der Waals surface area contributed by atoms with Gasteiger partial charge in [-0.3, -0.25) is 9.59 Å². The average molecular weight is 478 g/mol. The van der Waals surface area contributed by atoms with Crippen molar-refractivity contribution in [2.45, 2.75) is 0 Å². The first-order valence-electron chi connectivity index (χ1n) is 9.81. The van der Waals surface area contributed by atoms with Crippen molar-refractivity contribution in [1.82, 2.24) is 15.2 Å². The highest BCUT2D eigenvalue weighted by molar-refractivity contribution is 6.42. The van der Waals surface area contributed by atoms with Crippen LogP contribution in [0, 0.1) is 0 Å². The van der Waals surface area contributed by atoms with Gasteiger partial charge in [-0.05, 0) is 30.3 Å². The summed E-state index contributed by atoms with van der Waals surface area (Å²) in [6.07, 6.45) is 3.23. The maximum Gasteiger partial charge on any atom is 0.329 e. The zero-order valence-corrected chi connectivity index (χ0v) is 18.6.